The van der Waals surface area contributed by atoms with Crippen molar-refractivity contribution >= 4 is 38.6 Å². The van der Waals surface area contributed by atoms with Crippen LogP contribution < -0.4 is 5.73 Å². The second kappa shape index (κ2) is 6.61. The highest BCUT2D eigenvalue weighted by atomic mass is 32.8. The molecule has 0 rings (SSSR count). The molecule has 5 nitrogen and oxygen atoms in total. The molecule has 4 N–H and O–H groups in total. The number of nitrogens with two attached hydrogens (primary N) is 1. The first-order valence-electron chi connectivity index (χ1n) is 2.70. The van der Waals surface area contributed by atoms with E-state index in [-0.39, 0.29) is 5.75 Å². The van der Waals surface area contributed by atoms with Gasteiger partial charge in [-0.1, -0.05) is 0 Å². The van der Waals surface area contributed by atoms with Crippen LogP contribution in [-0.2, 0) is 24.8 Å². The summed E-state index contributed by atoms with van der Waals surface area (Å²) < 4.78 is 17.4. The molecule has 0 aliphatic carbocycles. The lowest BCUT2D eigenvalue weighted by atomic mass is 10.4. The highest BCUT2D eigenvalue weighted by Gasteiger charge is 2.06. The second-order valence-electron chi connectivity index (χ2n) is 1.86. The summed E-state index contributed by atoms with van der Waals surface area (Å²) in [5, 5.41) is 8.01. The number of carbonyl (C=O) groups is 1. The third-order valence-electron chi connectivity index (χ3n) is 0.514. The average molecular weight is 233 g/mol. The van der Waals surface area contributed by atoms with E-state index in [2.05, 4.69) is 23.8 Å². The fourth-order valence-electron chi connectivity index (χ4n) is 0.0781. The molecule has 0 bridgehead atoms. The number of carboxylic acid groups (broad SMARTS) is 1. The molecular formula is C4H11NO4S3. The lowest BCUT2D eigenvalue weighted by Gasteiger charge is -1.96. The molecule has 0 fully saturated rings. The molecule has 2 atom stereocenters. The van der Waals surface area contributed by atoms with E-state index in [1.807, 2.05) is 0 Å². The van der Waals surface area contributed by atoms with Gasteiger partial charge in [-0.15, -0.1) is 0 Å². The quantitative estimate of drug-likeness (QED) is 0.464. The third-order valence-corrected chi connectivity index (χ3v) is 0.907. The van der Waals surface area contributed by atoms with E-state index in [9.17, 15) is 9.00 Å². The van der Waals surface area contributed by atoms with Crippen LogP contribution in [0, 0.1) is 0 Å². The average Bonchev–Trinajstić information content (AvgIpc) is 1.82. The Morgan fingerprint density at radius 3 is 2.08 bits per heavy atom. The Labute approximate surface area is 81.2 Å². The number of hydrogen-bond acceptors (Lipinski definition) is 5. The maximum Gasteiger partial charge on any atom is 0.321 e. The minimum Gasteiger partial charge on any atom is -0.480 e. The summed E-state index contributed by atoms with van der Waals surface area (Å²) in [4.78, 5) is 9.76. The molecule has 74 valence electrons. The van der Waals surface area contributed by atoms with Crippen LogP contribution in [0.25, 0.3) is 0 Å². The number of rotatable bonds is 2. The second-order valence-corrected chi connectivity index (χ2v) is 5.55. The van der Waals surface area contributed by atoms with E-state index in [1.165, 1.54) is 0 Å². The van der Waals surface area contributed by atoms with Crippen LogP contribution in [0.5, 0.6) is 0 Å². The van der Waals surface area contributed by atoms with Crippen molar-refractivity contribution in [1.82, 2.24) is 0 Å². The molecule has 0 aliphatic rings. The van der Waals surface area contributed by atoms with Gasteiger partial charge in [0.2, 0.25) is 0 Å². The van der Waals surface area contributed by atoms with Crippen molar-refractivity contribution in [2.75, 3.05) is 12.0 Å². The highest BCUT2D eigenvalue weighted by Crippen LogP contribution is 1.80. The summed E-state index contributed by atoms with van der Waals surface area (Å²) in [6, 6.07) is -0.816. The van der Waals surface area contributed by atoms with E-state index in [0.29, 0.717) is 0 Å². The predicted octanol–water partition coefficient (Wildman–Crippen LogP) is -0.836. The van der Waals surface area contributed by atoms with E-state index in [4.69, 9.17) is 15.4 Å². The van der Waals surface area contributed by atoms with Crippen LogP contribution in [0.15, 0.2) is 0 Å². The van der Waals surface area contributed by atoms with Gasteiger partial charge in [0.15, 0.2) is 0 Å². The van der Waals surface area contributed by atoms with Crippen molar-refractivity contribution < 1.29 is 18.7 Å². The Morgan fingerprint density at radius 1 is 1.83 bits per heavy atom. The van der Waals surface area contributed by atoms with E-state index in [1.54, 1.807) is 0 Å². The Hall–Kier alpha value is 0.110. The lowest BCUT2D eigenvalue weighted by Crippen LogP contribution is -2.31. The molecule has 0 saturated heterocycles. The zero-order chi connectivity index (χ0) is 10.4. The summed E-state index contributed by atoms with van der Waals surface area (Å²) in [5.41, 5.74) is 4.94. The summed E-state index contributed by atoms with van der Waals surface area (Å²) >= 11 is 7.56. The van der Waals surface area contributed by atoms with Crippen molar-refractivity contribution in [3.05, 3.63) is 0 Å². The molecular weight excluding hydrogens is 222 g/mol. The fourth-order valence-corrected chi connectivity index (χ4v) is 0.234. The minimum atomic E-state index is -2.83. The van der Waals surface area contributed by atoms with Crippen molar-refractivity contribution in [3.63, 3.8) is 0 Å². The maximum absolute atomic E-state index is 9.76. The van der Waals surface area contributed by atoms with Gasteiger partial charge in [-0.3, -0.25) is 4.79 Å². The van der Waals surface area contributed by atoms with Crippen molar-refractivity contribution in [2.24, 2.45) is 5.73 Å². The summed E-state index contributed by atoms with van der Waals surface area (Å²) in [5.74, 6) is -0.815. The molecule has 12 heavy (non-hydrogen) atoms. The number of aliphatic carboxylic acids is 1. The lowest BCUT2D eigenvalue weighted by molar-refractivity contribution is -0.137. The largest absolute Gasteiger partial charge is 0.480 e. The van der Waals surface area contributed by atoms with Gasteiger partial charge < -0.3 is 15.4 Å². The molecule has 0 aliphatic heterocycles. The Morgan fingerprint density at radius 2 is 2.08 bits per heavy atom. The van der Waals surface area contributed by atoms with Crippen LogP contribution in [0.3, 0.4) is 0 Å². The maximum atomic E-state index is 9.76. The molecule has 0 amide bonds. The summed E-state index contributed by atoms with van der Waals surface area (Å²) in [6.07, 6.45) is 1.09. The molecule has 0 heterocycles. The molecule has 0 aromatic heterocycles. The van der Waals surface area contributed by atoms with Crippen molar-refractivity contribution in [1.29, 1.82) is 0 Å². The molecule has 1 unspecified atom stereocenters. The van der Waals surface area contributed by atoms with Crippen LogP contribution >= 0.6 is 12.6 Å². The number of thiol groups is 1. The fraction of sp³-hybridized carbons (Fsp3) is 0.750. The van der Waals surface area contributed by atoms with Crippen molar-refractivity contribution in [2.45, 2.75) is 6.04 Å². The van der Waals surface area contributed by atoms with Gasteiger partial charge in [0.05, 0.1) is 0 Å². The van der Waals surface area contributed by atoms with E-state index in [0.717, 1.165) is 6.26 Å². The highest BCUT2D eigenvalue weighted by molar-refractivity contribution is 8.29. The Balaban J connectivity index is 0. The first-order valence-corrected chi connectivity index (χ1v) is 6.18. The van der Waals surface area contributed by atoms with Gasteiger partial charge in [0, 0.05) is 23.2 Å². The molecule has 0 saturated carbocycles. The standard InChI is InChI=1S/C3H7NO2S.CH4O2S2/c4-2(1-7)3(5)6;1-5(2,3)4/h2,7H,1,4H2,(H,5,6);1H3,(H,2,3,4)/t2-;/m0./s1. The Kier molecular flexibility index (Phi) is 8.05. The molecule has 0 spiro atoms. The van der Waals surface area contributed by atoms with Gasteiger partial charge in [-0.2, -0.15) is 12.6 Å². The van der Waals surface area contributed by atoms with Crippen LogP contribution in [0.2, 0.25) is 0 Å². The van der Waals surface area contributed by atoms with Gasteiger partial charge in [0.1, 0.15) is 14.8 Å². The van der Waals surface area contributed by atoms with Gasteiger partial charge in [0.25, 0.3) is 0 Å². The number of hydrogen-bond donors (Lipinski definition) is 4. The van der Waals surface area contributed by atoms with Crippen LogP contribution in [0.4, 0.5) is 0 Å². The smallest absolute Gasteiger partial charge is 0.321 e. The topological polar surface area (TPSA) is 101 Å². The third kappa shape index (κ3) is 22.5. The summed E-state index contributed by atoms with van der Waals surface area (Å²) in [7, 11) is -2.83. The molecule has 0 aromatic rings. The Bertz CT molecular complexity index is 216. The van der Waals surface area contributed by atoms with E-state index >= 15 is 0 Å². The molecule has 0 radical (unpaired) electrons. The van der Waals surface area contributed by atoms with Gasteiger partial charge in [-0.05, 0) is 0 Å². The monoisotopic (exact) mass is 233 g/mol. The normalized spacial score (nSPS) is 16.7. The van der Waals surface area contributed by atoms with E-state index < -0.39 is 20.8 Å². The van der Waals surface area contributed by atoms with Crippen LogP contribution in [0.1, 0.15) is 0 Å². The molecule has 8 heteroatoms. The SMILES string of the molecule is CS(=O)(O)=S.N[C@@H](CS)C(=O)O. The first-order chi connectivity index (χ1) is 5.18. The van der Waals surface area contributed by atoms with Gasteiger partial charge >= 0.3 is 5.97 Å². The number of carboxylic acids is 1. The van der Waals surface area contributed by atoms with Crippen molar-refractivity contribution in [3.8, 4) is 0 Å². The zero-order valence-corrected chi connectivity index (χ0v) is 8.86. The minimum absolute atomic E-state index is 0.190. The van der Waals surface area contributed by atoms with Gasteiger partial charge in [-0.25, -0.2) is 4.21 Å². The predicted molar refractivity (Wildman–Crippen MR) is 53.5 cm³/mol. The first kappa shape index (κ1) is 14.6. The molecule has 0 aromatic carbocycles. The summed E-state index contributed by atoms with van der Waals surface area (Å²) in [6.45, 7) is 0. The zero-order valence-electron chi connectivity index (χ0n) is 6.34. The van der Waals surface area contributed by atoms with Crippen LogP contribution in [-0.4, -0.2) is 37.9 Å².